The van der Waals surface area contributed by atoms with Crippen molar-refractivity contribution in [2.75, 3.05) is 13.7 Å². The number of nitrogens with zero attached hydrogens (tertiary/aromatic N) is 1. The molecule has 0 spiro atoms. The first-order valence-corrected chi connectivity index (χ1v) is 12.9. The second-order valence-electron chi connectivity index (χ2n) is 8.60. The van der Waals surface area contributed by atoms with Crippen LogP contribution in [0.3, 0.4) is 0 Å². The maximum absolute atomic E-state index is 11.6. The van der Waals surface area contributed by atoms with Crippen LogP contribution in [0.1, 0.15) is 26.3 Å². The van der Waals surface area contributed by atoms with Gasteiger partial charge >= 0.3 is 11.7 Å². The maximum atomic E-state index is 11.6. The Kier molecular flexibility index (Phi) is 8.39. The van der Waals surface area contributed by atoms with E-state index in [9.17, 15) is 14.9 Å². The van der Waals surface area contributed by atoms with E-state index in [1.54, 1.807) is 25.0 Å². The Labute approximate surface area is 184 Å². The van der Waals surface area contributed by atoms with Gasteiger partial charge in [-0.1, -0.05) is 39.0 Å². The summed E-state index contributed by atoms with van der Waals surface area (Å²) in [6, 6.07) is 4.64. The number of benzene rings is 1. The van der Waals surface area contributed by atoms with E-state index in [1.165, 1.54) is 25.7 Å². The number of hydrogen-bond donors (Lipinski definition) is 0. The summed E-state index contributed by atoms with van der Waals surface area (Å²) in [5.41, 5.74) is 0.451. The molecule has 0 aliphatic carbocycles. The molecule has 2 rings (SSSR count). The summed E-state index contributed by atoms with van der Waals surface area (Å²) in [5, 5.41) is 11.7. The first-order chi connectivity index (χ1) is 14.4. The molecule has 2 atom stereocenters. The van der Waals surface area contributed by atoms with Crippen LogP contribution in [0.25, 0.3) is 6.08 Å². The molecule has 1 aromatic rings. The average Bonchev–Trinajstić information content (AvgIpc) is 2.70. The molecule has 1 aliphatic rings. The predicted molar refractivity (Wildman–Crippen MR) is 119 cm³/mol. The molecular formula is C22H30NO7Si. The fourth-order valence-electron chi connectivity index (χ4n) is 2.47. The molecule has 0 amide bonds. The van der Waals surface area contributed by atoms with Gasteiger partial charge in [0.1, 0.15) is 0 Å². The normalized spacial score (nSPS) is 19.9. The molecule has 0 saturated carbocycles. The number of esters is 1. The summed E-state index contributed by atoms with van der Waals surface area (Å²) in [6.07, 6.45) is 6.41. The molecule has 169 valence electrons. The second-order valence-corrected chi connectivity index (χ2v) is 13.4. The van der Waals surface area contributed by atoms with E-state index >= 15 is 0 Å². The van der Waals surface area contributed by atoms with E-state index < -0.39 is 31.6 Å². The smallest absolute Gasteiger partial charge is 0.335 e. The molecule has 0 unspecified atom stereocenters. The van der Waals surface area contributed by atoms with Crippen molar-refractivity contribution < 1.29 is 28.4 Å². The Balaban J connectivity index is 2.06. The van der Waals surface area contributed by atoms with Crippen molar-refractivity contribution in [1.29, 1.82) is 0 Å². The van der Waals surface area contributed by atoms with Gasteiger partial charge in [0.25, 0.3) is 0 Å². The van der Waals surface area contributed by atoms with Gasteiger partial charge in [-0.05, 0) is 36.2 Å². The van der Waals surface area contributed by atoms with Crippen LogP contribution in [0.4, 0.5) is 5.69 Å². The van der Waals surface area contributed by atoms with E-state index in [4.69, 9.17) is 13.9 Å². The molecule has 0 bridgehead atoms. The van der Waals surface area contributed by atoms with Gasteiger partial charge in [0, 0.05) is 18.9 Å². The lowest BCUT2D eigenvalue weighted by atomic mass is 10.1. The second kappa shape index (κ2) is 10.4. The van der Waals surface area contributed by atoms with Gasteiger partial charge < -0.3 is 18.6 Å². The van der Waals surface area contributed by atoms with Crippen LogP contribution in [0.5, 0.6) is 5.75 Å². The van der Waals surface area contributed by atoms with Crippen molar-refractivity contribution in [2.45, 2.75) is 51.3 Å². The Hall–Kier alpha value is -2.23. The van der Waals surface area contributed by atoms with E-state index in [0.717, 1.165) is 0 Å². The van der Waals surface area contributed by atoms with Crippen molar-refractivity contribution in [1.82, 2.24) is 0 Å². The lowest BCUT2D eigenvalue weighted by Crippen LogP contribution is -2.40. The van der Waals surface area contributed by atoms with Gasteiger partial charge in [-0.3, -0.25) is 10.1 Å². The van der Waals surface area contributed by atoms with Crippen LogP contribution in [0, 0.1) is 29.4 Å². The Bertz CT molecular complexity index is 817. The van der Waals surface area contributed by atoms with Gasteiger partial charge in [-0.25, -0.2) is 4.79 Å². The fourth-order valence-corrected chi connectivity index (χ4v) is 3.42. The number of carbonyl (C=O) groups excluding carboxylic acids is 1. The van der Waals surface area contributed by atoms with Crippen LogP contribution in [-0.4, -0.2) is 45.3 Å². The molecule has 9 heteroatoms. The minimum Gasteiger partial charge on any atom is -0.467 e. The molecular weight excluding hydrogens is 418 g/mol. The Morgan fingerprint density at radius 1 is 1.29 bits per heavy atom. The summed E-state index contributed by atoms with van der Waals surface area (Å²) < 4.78 is 21.8. The Morgan fingerprint density at radius 3 is 2.61 bits per heavy atom. The minimum atomic E-state index is -1.86. The van der Waals surface area contributed by atoms with E-state index in [1.807, 2.05) is 6.08 Å². The number of ether oxygens (including phenoxy) is 3. The third kappa shape index (κ3) is 6.88. The van der Waals surface area contributed by atoms with E-state index in [-0.39, 0.29) is 16.5 Å². The lowest BCUT2D eigenvalue weighted by Gasteiger charge is -2.35. The topological polar surface area (TPSA) is 97.1 Å². The molecule has 3 radical (unpaired) electrons. The van der Waals surface area contributed by atoms with Crippen molar-refractivity contribution in [3.8, 4) is 5.75 Å². The van der Waals surface area contributed by atoms with Gasteiger partial charge in [0.05, 0.1) is 18.6 Å². The first kappa shape index (κ1) is 25.0. The van der Waals surface area contributed by atoms with Gasteiger partial charge in [-0.2, -0.15) is 0 Å². The maximum Gasteiger partial charge on any atom is 0.335 e. The Morgan fingerprint density at radius 2 is 2.00 bits per heavy atom. The number of methoxy groups -OCH3 is 1. The monoisotopic (exact) mass is 448 g/mol. The van der Waals surface area contributed by atoms with Crippen molar-refractivity contribution in [3.63, 3.8) is 0 Å². The molecule has 0 aromatic heterocycles. The highest BCUT2D eigenvalue weighted by Crippen LogP contribution is 2.36. The zero-order valence-corrected chi connectivity index (χ0v) is 19.8. The molecule has 1 aromatic carbocycles. The highest BCUT2D eigenvalue weighted by atomic mass is 28.4. The van der Waals surface area contributed by atoms with Gasteiger partial charge in [0.15, 0.2) is 20.2 Å². The number of carbonyl (C=O) groups is 1. The standard InChI is InChI=1S/C22H30NO7Si/c1-22(2,3)31(5,6)28-14-8-9-16-12-13-18(17(15-16)23(25)26)29-20-11-7-10-19(30-20)21(24)27-4/h7-13,15,19-20H,14H2,1-6H3/b9-8+/t19-,20+/m0/s1. The SMILES string of the molecule is COC(=O)[C@@H]1[CH][CH][CH][C@H](Oc2ccc(/C=C/CO[Si](C)(C)C(C)(C)C)cc2[N+](=O)[O-])O1. The fraction of sp³-hybridized carbons (Fsp3) is 0.455. The summed E-state index contributed by atoms with van der Waals surface area (Å²) in [4.78, 5) is 22.7. The molecule has 1 heterocycles. The average molecular weight is 449 g/mol. The number of rotatable bonds is 8. The minimum absolute atomic E-state index is 0.0415. The largest absolute Gasteiger partial charge is 0.467 e. The number of nitro benzene ring substituents is 1. The molecule has 0 N–H and O–H groups in total. The van der Waals surface area contributed by atoms with Gasteiger partial charge in [0.2, 0.25) is 6.29 Å². The van der Waals surface area contributed by atoms with E-state index in [2.05, 4.69) is 38.6 Å². The summed E-state index contributed by atoms with van der Waals surface area (Å²) >= 11 is 0. The van der Waals surface area contributed by atoms with Crippen molar-refractivity contribution >= 4 is 26.1 Å². The van der Waals surface area contributed by atoms with E-state index in [0.29, 0.717) is 12.2 Å². The summed E-state index contributed by atoms with van der Waals surface area (Å²) in [7, 11) is -0.606. The molecule has 8 nitrogen and oxygen atoms in total. The summed E-state index contributed by atoms with van der Waals surface area (Å²) in [6.45, 7) is 11.3. The predicted octanol–water partition coefficient (Wildman–Crippen LogP) is 4.52. The highest BCUT2D eigenvalue weighted by molar-refractivity contribution is 6.74. The number of nitro groups is 1. The zero-order valence-electron chi connectivity index (χ0n) is 18.8. The molecule has 31 heavy (non-hydrogen) atoms. The van der Waals surface area contributed by atoms with Crippen molar-refractivity contribution in [3.05, 3.63) is 59.2 Å². The molecule has 1 aliphatic heterocycles. The lowest BCUT2D eigenvalue weighted by molar-refractivity contribution is -0.386. The van der Waals surface area contributed by atoms with Crippen LogP contribution in [0.15, 0.2) is 24.3 Å². The molecule has 1 saturated heterocycles. The third-order valence-electron chi connectivity index (χ3n) is 5.35. The van der Waals surface area contributed by atoms with Crippen LogP contribution < -0.4 is 4.74 Å². The van der Waals surface area contributed by atoms with Crippen molar-refractivity contribution in [2.24, 2.45) is 0 Å². The zero-order chi connectivity index (χ0) is 23.2. The van der Waals surface area contributed by atoms with Crippen LogP contribution in [-0.2, 0) is 18.7 Å². The highest BCUT2D eigenvalue weighted by Gasteiger charge is 2.36. The van der Waals surface area contributed by atoms with Crippen LogP contribution in [0.2, 0.25) is 18.1 Å². The van der Waals surface area contributed by atoms with Gasteiger partial charge in [-0.15, -0.1) is 0 Å². The summed E-state index contributed by atoms with van der Waals surface area (Å²) in [5.74, 6) is -0.535. The third-order valence-corrected chi connectivity index (χ3v) is 9.85. The number of hydrogen-bond acceptors (Lipinski definition) is 7. The first-order valence-electron chi connectivity index (χ1n) is 9.95. The quantitative estimate of drug-likeness (QED) is 0.250. The molecule has 1 fully saturated rings. The van der Waals surface area contributed by atoms with Crippen LogP contribution >= 0.6 is 0 Å².